The second-order valence-corrected chi connectivity index (χ2v) is 4.74. The van der Waals surface area contributed by atoms with Crippen LogP contribution in [0, 0.1) is 5.21 Å². The van der Waals surface area contributed by atoms with Gasteiger partial charge in [0, 0.05) is 17.3 Å². The number of pyridine rings is 1. The van der Waals surface area contributed by atoms with Crippen LogP contribution in [0.5, 0.6) is 5.75 Å². The number of hydrogen-bond acceptors (Lipinski definition) is 3. The van der Waals surface area contributed by atoms with E-state index in [0.717, 1.165) is 38.7 Å². The number of ether oxygens (including phenoxy) is 1. The first kappa shape index (κ1) is 10.7. The predicted molar refractivity (Wildman–Crippen MR) is 71.6 cm³/mol. The number of methoxy groups -OCH3 is 1. The van der Waals surface area contributed by atoms with Crippen molar-refractivity contribution in [2.45, 2.75) is 0 Å². The Morgan fingerprint density at radius 2 is 2.16 bits per heavy atom. The van der Waals surface area contributed by atoms with Gasteiger partial charge in [-0.15, -0.1) is 0 Å². The molecule has 1 unspecified atom stereocenters. The maximum atomic E-state index is 12.2. The van der Waals surface area contributed by atoms with Gasteiger partial charge in [-0.25, -0.2) is 0 Å². The smallest absolute Gasteiger partial charge is 0.149 e. The predicted octanol–water partition coefficient (Wildman–Crippen LogP) is -0.596. The van der Waals surface area contributed by atoms with Crippen LogP contribution in [0.15, 0.2) is 30.5 Å². The summed E-state index contributed by atoms with van der Waals surface area (Å²) < 4.78 is 5.26. The monoisotopic (exact) mass is 252 g/mol. The maximum Gasteiger partial charge on any atom is 0.149 e. The molecule has 0 bridgehead atoms. The molecule has 1 aliphatic carbocycles. The number of benzene rings is 1. The number of hydroxylamine groups is 2. The first-order chi connectivity index (χ1) is 9.29. The highest BCUT2D eigenvalue weighted by Crippen LogP contribution is 2.30. The Labute approximate surface area is 109 Å². The lowest BCUT2D eigenvalue weighted by Crippen LogP contribution is -3.06. The van der Waals surface area contributed by atoms with Crippen LogP contribution in [-0.4, -0.2) is 18.6 Å². The molecule has 0 saturated carbocycles. The normalized spacial score (nSPS) is 18.6. The van der Waals surface area contributed by atoms with E-state index in [1.54, 1.807) is 13.3 Å². The Balaban J connectivity index is 2.16. The molecule has 4 heteroatoms. The van der Waals surface area contributed by atoms with Crippen LogP contribution in [0.2, 0.25) is 0 Å². The second kappa shape index (κ2) is 3.66. The Hall–Kier alpha value is -2.17. The van der Waals surface area contributed by atoms with Crippen LogP contribution in [-0.2, 0) is 0 Å². The molecule has 0 saturated heterocycles. The number of nitrogens with zero attached hydrogens (tertiary/aromatic N) is 1. The van der Waals surface area contributed by atoms with Crippen molar-refractivity contribution in [2.24, 2.45) is 0 Å². The topological polar surface area (TPSA) is 49.6 Å². The van der Waals surface area contributed by atoms with Crippen molar-refractivity contribution in [1.82, 2.24) is 4.98 Å². The van der Waals surface area contributed by atoms with Gasteiger partial charge in [-0.05, 0) is 35.6 Å². The van der Waals surface area contributed by atoms with Gasteiger partial charge in [0.2, 0.25) is 0 Å². The van der Waals surface area contributed by atoms with Crippen LogP contribution in [0.4, 0.5) is 0 Å². The lowest BCUT2D eigenvalue weighted by molar-refractivity contribution is -0.759. The fraction of sp³-hybridized carbons (Fsp3) is 0.133. The summed E-state index contributed by atoms with van der Waals surface area (Å²) in [4.78, 5) is 4.45. The molecule has 2 heterocycles. The average molecular weight is 252 g/mol. The molecule has 19 heavy (non-hydrogen) atoms. The van der Waals surface area contributed by atoms with E-state index in [2.05, 4.69) is 4.98 Å². The van der Waals surface area contributed by atoms with Gasteiger partial charge in [-0.3, -0.25) is 4.98 Å². The molecule has 1 aliphatic heterocycles. The summed E-state index contributed by atoms with van der Waals surface area (Å²) >= 11 is 0. The second-order valence-electron chi connectivity index (χ2n) is 4.74. The van der Waals surface area contributed by atoms with E-state index in [1.807, 2.05) is 30.3 Å². The van der Waals surface area contributed by atoms with E-state index in [0.29, 0.717) is 6.54 Å². The highest BCUT2D eigenvalue weighted by molar-refractivity contribution is 5.85. The highest BCUT2D eigenvalue weighted by Gasteiger charge is 2.28. The summed E-state index contributed by atoms with van der Waals surface area (Å²) in [6, 6.07) is 7.79. The third-order valence-corrected chi connectivity index (χ3v) is 3.77. The lowest BCUT2D eigenvalue weighted by atomic mass is 10.1. The lowest BCUT2D eigenvalue weighted by Gasteiger charge is -2.24. The van der Waals surface area contributed by atoms with Crippen molar-refractivity contribution in [1.29, 1.82) is 0 Å². The molecule has 4 nitrogen and oxygen atoms in total. The van der Waals surface area contributed by atoms with Crippen LogP contribution >= 0.6 is 0 Å². The summed E-state index contributed by atoms with van der Waals surface area (Å²) in [6.45, 7) is 0.461. The van der Waals surface area contributed by atoms with Crippen molar-refractivity contribution in [2.75, 3.05) is 13.7 Å². The molecule has 1 atom stereocenters. The van der Waals surface area contributed by atoms with Crippen LogP contribution in [0.25, 0.3) is 23.0 Å². The molecule has 2 aliphatic rings. The Morgan fingerprint density at radius 3 is 3.00 bits per heavy atom. The third kappa shape index (κ3) is 1.32. The molecule has 1 N–H and O–H groups in total. The van der Waals surface area contributed by atoms with Crippen LogP contribution in [0.3, 0.4) is 0 Å². The summed E-state index contributed by atoms with van der Waals surface area (Å²) in [7, 11) is 1.63. The molecule has 4 rings (SSSR count). The Morgan fingerprint density at radius 1 is 1.26 bits per heavy atom. The molecule has 0 radical (unpaired) electrons. The van der Waals surface area contributed by atoms with E-state index in [9.17, 15) is 5.21 Å². The number of rotatable bonds is 1. The quantitative estimate of drug-likeness (QED) is 0.690. The van der Waals surface area contributed by atoms with E-state index in [-0.39, 0.29) is 5.06 Å². The number of quaternary nitrogens is 1. The number of hydrogen-bond donors (Lipinski definition) is 1. The van der Waals surface area contributed by atoms with Gasteiger partial charge < -0.3 is 15.0 Å². The summed E-state index contributed by atoms with van der Waals surface area (Å²) in [5, 5.41) is 14.5. The van der Waals surface area contributed by atoms with Crippen molar-refractivity contribution in [3.05, 3.63) is 51.7 Å². The zero-order valence-corrected chi connectivity index (χ0v) is 10.4. The molecule has 0 amide bonds. The standard InChI is InChI=1S/C15H12N2O2/c1-19-10-2-3-11-12(8-10)15-13-9(5-7-17(15)18)4-6-16-14(11)13/h2-6,8,17H,7H2,1H3. The largest absolute Gasteiger partial charge is 0.629 e. The Bertz CT molecular complexity index is 811. The molecule has 0 fully saturated rings. The van der Waals surface area contributed by atoms with Crippen molar-refractivity contribution in [3.63, 3.8) is 0 Å². The van der Waals surface area contributed by atoms with E-state index in [1.165, 1.54) is 0 Å². The number of fused-ring (bicyclic) bond motifs is 3. The minimum Gasteiger partial charge on any atom is -0.629 e. The molecule has 0 spiro atoms. The van der Waals surface area contributed by atoms with Crippen molar-refractivity contribution < 1.29 is 9.80 Å². The Kier molecular flexibility index (Phi) is 2.07. The zero-order chi connectivity index (χ0) is 13.0. The third-order valence-electron chi connectivity index (χ3n) is 3.77. The SMILES string of the molecule is COc1ccc2c(c1)C1=c3c-2nccc3=CC[NH+]1[O-]. The van der Waals surface area contributed by atoms with Gasteiger partial charge in [0.05, 0.1) is 18.0 Å². The van der Waals surface area contributed by atoms with Gasteiger partial charge in [-0.2, -0.15) is 0 Å². The van der Waals surface area contributed by atoms with Gasteiger partial charge in [0.25, 0.3) is 0 Å². The number of nitrogens with one attached hydrogen (secondary N) is 1. The maximum absolute atomic E-state index is 12.2. The van der Waals surface area contributed by atoms with Crippen molar-refractivity contribution >= 4 is 11.8 Å². The first-order valence-electron chi connectivity index (χ1n) is 6.21. The van der Waals surface area contributed by atoms with Gasteiger partial charge in [-0.1, -0.05) is 0 Å². The zero-order valence-electron chi connectivity index (χ0n) is 10.4. The van der Waals surface area contributed by atoms with Gasteiger partial charge in [0.15, 0.2) is 0 Å². The highest BCUT2D eigenvalue weighted by atomic mass is 16.5. The summed E-state index contributed by atoms with van der Waals surface area (Å²) in [5.74, 6) is 0.767. The average Bonchev–Trinajstić information content (AvgIpc) is 2.79. The van der Waals surface area contributed by atoms with Gasteiger partial charge >= 0.3 is 0 Å². The molecular formula is C15H12N2O2. The van der Waals surface area contributed by atoms with E-state index in [4.69, 9.17) is 4.74 Å². The summed E-state index contributed by atoms with van der Waals surface area (Å²) in [6.07, 6.45) is 3.78. The fourth-order valence-corrected chi connectivity index (χ4v) is 2.91. The van der Waals surface area contributed by atoms with Crippen LogP contribution in [0.1, 0.15) is 5.56 Å². The van der Waals surface area contributed by atoms with E-state index >= 15 is 0 Å². The fourth-order valence-electron chi connectivity index (χ4n) is 2.91. The molecular weight excluding hydrogens is 240 g/mol. The van der Waals surface area contributed by atoms with Gasteiger partial charge in [0.1, 0.15) is 18.0 Å². The molecule has 1 aromatic carbocycles. The summed E-state index contributed by atoms with van der Waals surface area (Å²) in [5.41, 5.74) is 3.69. The van der Waals surface area contributed by atoms with Crippen LogP contribution < -0.4 is 20.2 Å². The molecule has 94 valence electrons. The number of aromatic nitrogens is 1. The minimum absolute atomic E-state index is 0.161. The minimum atomic E-state index is 0.161. The molecule has 1 aromatic heterocycles. The molecule has 2 aromatic rings. The van der Waals surface area contributed by atoms with E-state index < -0.39 is 0 Å². The first-order valence-corrected chi connectivity index (χ1v) is 6.21. The van der Waals surface area contributed by atoms with Crippen molar-refractivity contribution in [3.8, 4) is 17.0 Å².